The van der Waals surface area contributed by atoms with Crippen molar-refractivity contribution < 1.29 is 14.2 Å². The molecule has 7 heteroatoms. The van der Waals surface area contributed by atoms with Crippen LogP contribution in [-0.2, 0) is 4.79 Å². The Labute approximate surface area is 143 Å². The minimum Gasteiger partial charge on any atom is -0.481 e. The van der Waals surface area contributed by atoms with Crippen LogP contribution in [0.3, 0.4) is 0 Å². The van der Waals surface area contributed by atoms with Gasteiger partial charge in [0.15, 0.2) is 11.8 Å². The first-order valence-electron chi connectivity index (χ1n) is 7.46. The van der Waals surface area contributed by atoms with Crippen LogP contribution in [0.4, 0.5) is 5.82 Å². The number of ether oxygens (including phenoxy) is 1. The zero-order valence-corrected chi connectivity index (χ0v) is 14.4. The van der Waals surface area contributed by atoms with Crippen LogP contribution in [0.15, 0.2) is 40.3 Å². The Morgan fingerprint density at radius 1 is 1.25 bits per heavy atom. The SMILES string of the molecule is Cc1cccc(OC(C)C(=O)Nc2nonc2-c2cccs2)c1C. The number of anilines is 1. The van der Waals surface area contributed by atoms with E-state index in [0.29, 0.717) is 17.3 Å². The van der Waals surface area contributed by atoms with Gasteiger partial charge in [0.2, 0.25) is 5.82 Å². The quantitative estimate of drug-likeness (QED) is 0.762. The van der Waals surface area contributed by atoms with Gasteiger partial charge in [0.1, 0.15) is 5.75 Å². The molecule has 3 rings (SSSR count). The van der Waals surface area contributed by atoms with Gasteiger partial charge in [0.25, 0.3) is 5.91 Å². The lowest BCUT2D eigenvalue weighted by atomic mass is 10.1. The molecule has 0 fully saturated rings. The number of amides is 1. The fourth-order valence-corrected chi connectivity index (χ4v) is 2.87. The second-order valence-electron chi connectivity index (χ2n) is 5.39. The fraction of sp³-hybridized carbons (Fsp3) is 0.235. The molecule has 2 aromatic heterocycles. The predicted octanol–water partition coefficient (Wildman–Crippen LogP) is 3.82. The van der Waals surface area contributed by atoms with Gasteiger partial charge in [-0.05, 0) is 59.7 Å². The second kappa shape index (κ2) is 6.84. The molecule has 0 aliphatic rings. The summed E-state index contributed by atoms with van der Waals surface area (Å²) >= 11 is 1.49. The molecule has 3 aromatic rings. The Kier molecular flexibility index (Phi) is 4.61. The first-order chi connectivity index (χ1) is 11.6. The fourth-order valence-electron chi connectivity index (χ4n) is 2.16. The summed E-state index contributed by atoms with van der Waals surface area (Å²) in [6.45, 7) is 5.66. The average molecular weight is 343 g/mol. The zero-order valence-electron chi connectivity index (χ0n) is 13.6. The number of carbonyl (C=O) groups is 1. The van der Waals surface area contributed by atoms with Crippen molar-refractivity contribution >= 4 is 23.1 Å². The van der Waals surface area contributed by atoms with Crippen molar-refractivity contribution in [1.29, 1.82) is 0 Å². The van der Waals surface area contributed by atoms with Crippen LogP contribution < -0.4 is 10.1 Å². The molecule has 24 heavy (non-hydrogen) atoms. The van der Waals surface area contributed by atoms with Crippen LogP contribution in [0.5, 0.6) is 5.75 Å². The molecular formula is C17H17N3O3S. The third-order valence-electron chi connectivity index (χ3n) is 3.71. The summed E-state index contributed by atoms with van der Waals surface area (Å²) in [5, 5.41) is 12.2. The lowest BCUT2D eigenvalue weighted by molar-refractivity contribution is -0.122. The van der Waals surface area contributed by atoms with E-state index in [9.17, 15) is 4.79 Å². The average Bonchev–Trinajstić information content (AvgIpc) is 3.22. The molecule has 0 aliphatic heterocycles. The molecular weight excluding hydrogens is 326 g/mol. The highest BCUT2D eigenvalue weighted by Gasteiger charge is 2.21. The first kappa shape index (κ1) is 16.2. The minimum atomic E-state index is -0.682. The summed E-state index contributed by atoms with van der Waals surface area (Å²) in [7, 11) is 0. The second-order valence-corrected chi connectivity index (χ2v) is 6.33. The highest BCUT2D eigenvalue weighted by atomic mass is 32.1. The highest BCUT2D eigenvalue weighted by Crippen LogP contribution is 2.28. The van der Waals surface area contributed by atoms with E-state index in [4.69, 9.17) is 9.37 Å². The number of aryl methyl sites for hydroxylation is 1. The van der Waals surface area contributed by atoms with Crippen LogP contribution in [-0.4, -0.2) is 22.3 Å². The van der Waals surface area contributed by atoms with Gasteiger partial charge in [0.05, 0.1) is 4.88 Å². The third kappa shape index (κ3) is 3.30. The van der Waals surface area contributed by atoms with E-state index in [1.54, 1.807) is 6.92 Å². The molecule has 1 N–H and O–H groups in total. The van der Waals surface area contributed by atoms with E-state index in [1.807, 2.05) is 49.6 Å². The Bertz CT molecular complexity index is 843. The van der Waals surface area contributed by atoms with E-state index in [2.05, 4.69) is 15.6 Å². The van der Waals surface area contributed by atoms with Crippen molar-refractivity contribution in [2.75, 3.05) is 5.32 Å². The lowest BCUT2D eigenvalue weighted by Crippen LogP contribution is -2.30. The first-order valence-corrected chi connectivity index (χ1v) is 8.34. The number of nitrogens with zero attached hydrogens (tertiary/aromatic N) is 2. The van der Waals surface area contributed by atoms with Gasteiger partial charge in [-0.1, -0.05) is 18.2 Å². The summed E-state index contributed by atoms with van der Waals surface area (Å²) in [5.74, 6) is 0.665. The molecule has 1 atom stereocenters. The Balaban J connectivity index is 1.71. The molecule has 0 spiro atoms. The van der Waals surface area contributed by atoms with Crippen LogP contribution in [0.2, 0.25) is 0 Å². The van der Waals surface area contributed by atoms with Gasteiger partial charge in [-0.15, -0.1) is 11.3 Å². The van der Waals surface area contributed by atoms with Crippen molar-refractivity contribution in [3.05, 3.63) is 46.8 Å². The number of hydrogen-bond acceptors (Lipinski definition) is 6. The number of aromatic nitrogens is 2. The topological polar surface area (TPSA) is 77.2 Å². The van der Waals surface area contributed by atoms with Crippen LogP contribution in [0.1, 0.15) is 18.1 Å². The summed E-state index contributed by atoms with van der Waals surface area (Å²) in [6.07, 6.45) is -0.682. The number of benzene rings is 1. The molecule has 1 amide bonds. The van der Waals surface area contributed by atoms with E-state index in [1.165, 1.54) is 11.3 Å². The van der Waals surface area contributed by atoms with Gasteiger partial charge >= 0.3 is 0 Å². The molecule has 124 valence electrons. The maximum Gasteiger partial charge on any atom is 0.266 e. The molecule has 6 nitrogen and oxygen atoms in total. The standard InChI is InChI=1S/C17H17N3O3S/c1-10-6-4-7-13(11(10)2)22-12(3)17(21)18-16-15(19-23-20-16)14-8-5-9-24-14/h4-9,12H,1-3H3,(H,18,20,21). The molecule has 1 aromatic carbocycles. The maximum absolute atomic E-state index is 12.4. The molecule has 0 saturated heterocycles. The third-order valence-corrected chi connectivity index (χ3v) is 4.59. The Morgan fingerprint density at radius 3 is 2.83 bits per heavy atom. The van der Waals surface area contributed by atoms with Crippen LogP contribution in [0, 0.1) is 13.8 Å². The van der Waals surface area contributed by atoms with E-state index in [-0.39, 0.29) is 5.91 Å². The number of carbonyl (C=O) groups excluding carboxylic acids is 1. The number of nitrogens with one attached hydrogen (secondary N) is 1. The van der Waals surface area contributed by atoms with Crippen molar-refractivity contribution in [1.82, 2.24) is 10.3 Å². The van der Waals surface area contributed by atoms with Crippen molar-refractivity contribution in [2.24, 2.45) is 0 Å². The molecule has 1 unspecified atom stereocenters. The van der Waals surface area contributed by atoms with Gasteiger partial charge < -0.3 is 10.1 Å². The molecule has 0 radical (unpaired) electrons. The molecule has 0 aliphatic carbocycles. The predicted molar refractivity (Wildman–Crippen MR) is 92.2 cm³/mol. The van der Waals surface area contributed by atoms with Crippen molar-refractivity contribution in [3.8, 4) is 16.3 Å². The molecule has 0 bridgehead atoms. The highest BCUT2D eigenvalue weighted by molar-refractivity contribution is 7.13. The molecule has 0 saturated carbocycles. The molecule has 2 heterocycles. The Morgan fingerprint density at radius 2 is 2.08 bits per heavy atom. The van der Waals surface area contributed by atoms with Gasteiger partial charge in [-0.2, -0.15) is 0 Å². The van der Waals surface area contributed by atoms with Gasteiger partial charge in [-0.3, -0.25) is 4.79 Å². The Hall–Kier alpha value is -2.67. The smallest absolute Gasteiger partial charge is 0.266 e. The number of hydrogen-bond donors (Lipinski definition) is 1. The lowest BCUT2D eigenvalue weighted by Gasteiger charge is -2.16. The van der Waals surface area contributed by atoms with E-state index >= 15 is 0 Å². The summed E-state index contributed by atoms with van der Waals surface area (Å²) in [6, 6.07) is 9.53. The summed E-state index contributed by atoms with van der Waals surface area (Å²) < 4.78 is 10.5. The maximum atomic E-state index is 12.4. The van der Waals surface area contributed by atoms with Gasteiger partial charge in [-0.25, -0.2) is 4.63 Å². The summed E-state index contributed by atoms with van der Waals surface area (Å²) in [4.78, 5) is 13.3. The van der Waals surface area contributed by atoms with Gasteiger partial charge in [0, 0.05) is 0 Å². The number of thiophene rings is 1. The minimum absolute atomic E-state index is 0.291. The normalized spacial score (nSPS) is 12.0. The monoisotopic (exact) mass is 343 g/mol. The van der Waals surface area contributed by atoms with E-state index < -0.39 is 6.10 Å². The van der Waals surface area contributed by atoms with Crippen LogP contribution in [0.25, 0.3) is 10.6 Å². The van der Waals surface area contributed by atoms with Crippen molar-refractivity contribution in [3.63, 3.8) is 0 Å². The summed E-state index contributed by atoms with van der Waals surface area (Å²) in [5.41, 5.74) is 2.64. The van der Waals surface area contributed by atoms with Crippen molar-refractivity contribution in [2.45, 2.75) is 26.9 Å². The largest absolute Gasteiger partial charge is 0.481 e. The zero-order chi connectivity index (χ0) is 17.1. The number of rotatable bonds is 5. The van der Waals surface area contributed by atoms with Crippen LogP contribution >= 0.6 is 11.3 Å². The van der Waals surface area contributed by atoms with E-state index in [0.717, 1.165) is 16.0 Å².